The van der Waals surface area contributed by atoms with Crippen molar-refractivity contribution in [1.29, 1.82) is 0 Å². The van der Waals surface area contributed by atoms with Crippen molar-refractivity contribution >= 4 is 40.4 Å². The Morgan fingerprint density at radius 3 is 2.58 bits per heavy atom. The van der Waals surface area contributed by atoms with Gasteiger partial charge in [0, 0.05) is 41.4 Å². The van der Waals surface area contributed by atoms with Crippen molar-refractivity contribution < 1.29 is 23.5 Å². The summed E-state index contributed by atoms with van der Waals surface area (Å²) in [5, 5.41) is 1.09. The number of likely N-dealkylation sites (tertiary alicyclic amines) is 1. The zero-order chi connectivity index (χ0) is 18.8. The van der Waals surface area contributed by atoms with Crippen LogP contribution in [0.5, 0.6) is 0 Å². The van der Waals surface area contributed by atoms with Crippen molar-refractivity contribution in [2.45, 2.75) is 32.8 Å². The zero-order valence-corrected chi connectivity index (χ0v) is 14.8. The summed E-state index contributed by atoms with van der Waals surface area (Å²) in [7, 11) is 0. The third-order valence-corrected chi connectivity index (χ3v) is 4.60. The summed E-state index contributed by atoms with van der Waals surface area (Å²) in [6.45, 7) is 1.65. The molecule has 2 amide bonds. The second kappa shape index (κ2) is 7.29. The van der Waals surface area contributed by atoms with Crippen molar-refractivity contribution in [3.8, 4) is 0 Å². The first kappa shape index (κ1) is 18.1. The van der Waals surface area contributed by atoms with E-state index in [2.05, 4.69) is 0 Å². The number of hydrogen-bond acceptors (Lipinski definition) is 6. The number of imide groups is 1. The second-order valence-electron chi connectivity index (χ2n) is 6.04. The average Bonchev–Trinajstić information content (AvgIpc) is 2.90. The lowest BCUT2D eigenvalue weighted by atomic mass is 10.1. The highest BCUT2D eigenvalue weighted by Crippen LogP contribution is 2.25. The van der Waals surface area contributed by atoms with E-state index in [0.717, 1.165) is 10.5 Å². The van der Waals surface area contributed by atoms with E-state index < -0.39 is 11.6 Å². The van der Waals surface area contributed by atoms with Gasteiger partial charge in [-0.05, 0) is 24.6 Å². The quantitative estimate of drug-likeness (QED) is 0.451. The van der Waals surface area contributed by atoms with Crippen LogP contribution >= 0.6 is 11.6 Å². The summed E-state index contributed by atoms with van der Waals surface area (Å²) in [6, 6.07) is 4.55. The number of esters is 1. The predicted molar refractivity (Wildman–Crippen MR) is 92.6 cm³/mol. The first-order chi connectivity index (χ1) is 12.3. The van der Waals surface area contributed by atoms with Gasteiger partial charge in [-0.25, -0.2) is 4.79 Å². The summed E-state index contributed by atoms with van der Waals surface area (Å²) in [4.78, 5) is 47.7. The van der Waals surface area contributed by atoms with E-state index in [0.29, 0.717) is 21.6 Å². The molecule has 0 bridgehead atoms. The molecule has 0 spiro atoms. The molecule has 0 aliphatic carbocycles. The fraction of sp³-hybridized carbons (Fsp3) is 0.333. The minimum absolute atomic E-state index is 0.000795. The first-order valence-electron chi connectivity index (χ1n) is 8.07. The largest absolute Gasteiger partial charge is 0.461 e. The van der Waals surface area contributed by atoms with Gasteiger partial charge in [0.05, 0.1) is 6.42 Å². The van der Waals surface area contributed by atoms with Crippen molar-refractivity contribution in [2.75, 3.05) is 6.54 Å². The van der Waals surface area contributed by atoms with Crippen molar-refractivity contribution in [2.24, 2.45) is 0 Å². The standard InChI is InChI=1S/C18H16ClNO6/c1-10-6-14-12(8-13(10)19)11(7-18(24)26-14)9-25-17(23)4-5-20-15(21)2-3-16(20)22/h6-8H,2-5,9H2,1H3. The number of benzene rings is 1. The molecule has 26 heavy (non-hydrogen) atoms. The van der Waals surface area contributed by atoms with E-state index in [1.54, 1.807) is 19.1 Å². The molecule has 0 atom stereocenters. The molecule has 7 nitrogen and oxygen atoms in total. The minimum atomic E-state index is -0.572. The average molecular weight is 378 g/mol. The Morgan fingerprint density at radius 2 is 1.88 bits per heavy atom. The Balaban J connectivity index is 1.68. The van der Waals surface area contributed by atoms with Gasteiger partial charge in [-0.15, -0.1) is 0 Å². The number of halogens is 1. The molecule has 3 rings (SSSR count). The van der Waals surface area contributed by atoms with Gasteiger partial charge < -0.3 is 9.15 Å². The molecular weight excluding hydrogens is 362 g/mol. The summed E-state index contributed by atoms with van der Waals surface area (Å²) >= 11 is 6.11. The van der Waals surface area contributed by atoms with Crippen LogP contribution in [0, 0.1) is 6.92 Å². The number of carbonyl (C=O) groups is 3. The zero-order valence-electron chi connectivity index (χ0n) is 14.0. The molecule has 1 aliphatic heterocycles. The molecule has 2 aromatic rings. The molecule has 0 saturated carbocycles. The van der Waals surface area contributed by atoms with Crippen LogP contribution in [0.1, 0.15) is 30.4 Å². The van der Waals surface area contributed by atoms with Crippen LogP contribution in [0.15, 0.2) is 27.4 Å². The fourth-order valence-corrected chi connectivity index (χ4v) is 2.94. The Kier molecular flexibility index (Phi) is 5.08. The van der Waals surface area contributed by atoms with Gasteiger partial charge in [0.2, 0.25) is 11.8 Å². The number of ether oxygens (including phenoxy) is 1. The molecule has 0 radical (unpaired) electrons. The smallest absolute Gasteiger partial charge is 0.336 e. The van der Waals surface area contributed by atoms with Gasteiger partial charge in [0.15, 0.2) is 0 Å². The number of nitrogens with zero attached hydrogens (tertiary/aromatic N) is 1. The first-order valence-corrected chi connectivity index (χ1v) is 8.44. The highest BCUT2D eigenvalue weighted by molar-refractivity contribution is 6.32. The van der Waals surface area contributed by atoms with Crippen LogP contribution < -0.4 is 5.63 Å². The summed E-state index contributed by atoms with van der Waals surface area (Å²) < 4.78 is 10.3. The predicted octanol–water partition coefficient (Wildman–Crippen LogP) is 2.34. The Morgan fingerprint density at radius 1 is 1.19 bits per heavy atom. The molecule has 136 valence electrons. The summed E-state index contributed by atoms with van der Waals surface area (Å²) in [5.74, 6) is -1.13. The van der Waals surface area contributed by atoms with Crippen molar-refractivity contribution in [1.82, 2.24) is 4.90 Å². The van der Waals surface area contributed by atoms with E-state index >= 15 is 0 Å². The molecular formula is C18H16ClNO6. The minimum Gasteiger partial charge on any atom is -0.461 e. The summed E-state index contributed by atoms with van der Waals surface area (Å²) in [6.07, 6.45) is 0.260. The van der Waals surface area contributed by atoms with Crippen LogP contribution in [-0.2, 0) is 25.7 Å². The van der Waals surface area contributed by atoms with E-state index in [1.807, 2.05) is 0 Å². The van der Waals surface area contributed by atoms with Crippen molar-refractivity contribution in [3.05, 3.63) is 44.8 Å². The highest BCUT2D eigenvalue weighted by Gasteiger charge is 2.29. The Hall–Kier alpha value is -2.67. The van der Waals surface area contributed by atoms with Crippen LogP contribution in [-0.4, -0.2) is 29.2 Å². The maximum absolute atomic E-state index is 11.9. The maximum atomic E-state index is 11.9. The van der Waals surface area contributed by atoms with Crippen LogP contribution in [0.4, 0.5) is 0 Å². The number of fused-ring (bicyclic) bond motifs is 1. The van der Waals surface area contributed by atoms with Gasteiger partial charge >= 0.3 is 11.6 Å². The van der Waals surface area contributed by atoms with E-state index in [1.165, 1.54) is 6.07 Å². The number of hydrogen-bond donors (Lipinski definition) is 0. The number of aryl methyl sites for hydroxylation is 1. The lowest BCUT2D eigenvalue weighted by molar-refractivity contribution is -0.146. The SMILES string of the molecule is Cc1cc2oc(=O)cc(COC(=O)CCN3C(=O)CCC3=O)c2cc1Cl. The van der Waals surface area contributed by atoms with Gasteiger partial charge in [0.1, 0.15) is 12.2 Å². The third-order valence-electron chi connectivity index (χ3n) is 4.19. The fourth-order valence-electron chi connectivity index (χ4n) is 2.77. The Bertz CT molecular complexity index is 948. The van der Waals surface area contributed by atoms with Gasteiger partial charge in [0.25, 0.3) is 0 Å². The van der Waals surface area contributed by atoms with Crippen LogP contribution in [0.3, 0.4) is 0 Å². The second-order valence-corrected chi connectivity index (χ2v) is 6.45. The third kappa shape index (κ3) is 3.77. The topological polar surface area (TPSA) is 93.9 Å². The monoisotopic (exact) mass is 377 g/mol. The lowest BCUT2D eigenvalue weighted by Crippen LogP contribution is -2.31. The molecule has 1 fully saturated rings. The number of amides is 2. The maximum Gasteiger partial charge on any atom is 0.336 e. The molecule has 1 saturated heterocycles. The normalized spacial score (nSPS) is 14.3. The van der Waals surface area contributed by atoms with Crippen LogP contribution in [0.2, 0.25) is 5.02 Å². The Labute approximate surface area is 153 Å². The van der Waals surface area contributed by atoms with E-state index in [9.17, 15) is 19.2 Å². The number of carbonyl (C=O) groups excluding carboxylic acids is 3. The number of rotatable bonds is 5. The molecule has 1 aromatic heterocycles. The molecule has 1 aromatic carbocycles. The van der Waals surface area contributed by atoms with Crippen molar-refractivity contribution in [3.63, 3.8) is 0 Å². The molecule has 0 unspecified atom stereocenters. The molecule has 0 N–H and O–H groups in total. The molecule has 2 heterocycles. The molecule has 1 aliphatic rings. The summed E-state index contributed by atoms with van der Waals surface area (Å²) in [5.41, 5.74) is 1.04. The molecule has 8 heteroatoms. The highest BCUT2D eigenvalue weighted by atomic mass is 35.5. The van der Waals surface area contributed by atoms with Gasteiger partial charge in [-0.1, -0.05) is 11.6 Å². The van der Waals surface area contributed by atoms with Crippen LogP contribution in [0.25, 0.3) is 11.0 Å². The van der Waals surface area contributed by atoms with E-state index in [4.69, 9.17) is 20.8 Å². The van der Waals surface area contributed by atoms with E-state index in [-0.39, 0.29) is 44.2 Å². The van der Waals surface area contributed by atoms with Gasteiger partial charge in [-0.2, -0.15) is 0 Å². The lowest BCUT2D eigenvalue weighted by Gasteiger charge is -2.13. The van der Waals surface area contributed by atoms with Gasteiger partial charge in [-0.3, -0.25) is 19.3 Å².